The first kappa shape index (κ1) is 15.1. The third-order valence-electron chi connectivity index (χ3n) is 4.20. The predicted molar refractivity (Wildman–Crippen MR) is 89.2 cm³/mol. The fourth-order valence-corrected chi connectivity index (χ4v) is 3.86. The second-order valence-corrected chi connectivity index (χ2v) is 6.74. The van der Waals surface area contributed by atoms with Gasteiger partial charge in [-0.1, -0.05) is 29.5 Å². The van der Waals surface area contributed by atoms with Crippen LogP contribution in [-0.2, 0) is 4.79 Å². The van der Waals surface area contributed by atoms with Gasteiger partial charge in [-0.3, -0.25) is 4.79 Å². The molecule has 7 nitrogen and oxygen atoms in total. The van der Waals surface area contributed by atoms with Gasteiger partial charge in [0, 0.05) is 19.0 Å². The number of ether oxygens (including phenoxy) is 1. The Kier molecular flexibility index (Phi) is 4.12. The zero-order valence-electron chi connectivity index (χ0n) is 13.0. The van der Waals surface area contributed by atoms with Crippen LogP contribution in [-0.4, -0.2) is 50.3 Å². The maximum Gasteiger partial charge on any atom is 0.260 e. The van der Waals surface area contributed by atoms with E-state index in [4.69, 9.17) is 4.74 Å². The number of fused-ring (bicyclic) bond motifs is 1. The summed E-state index contributed by atoms with van der Waals surface area (Å²) >= 11 is 1.58. The Bertz CT molecular complexity index is 795. The third kappa shape index (κ3) is 3.09. The summed E-state index contributed by atoms with van der Waals surface area (Å²) in [6, 6.07) is 9.42. The summed E-state index contributed by atoms with van der Waals surface area (Å²) in [7, 11) is 0. The van der Waals surface area contributed by atoms with Crippen molar-refractivity contribution in [2.24, 2.45) is 0 Å². The van der Waals surface area contributed by atoms with E-state index in [0.717, 1.165) is 41.6 Å². The summed E-state index contributed by atoms with van der Waals surface area (Å²) in [4.78, 5) is 15.0. The van der Waals surface area contributed by atoms with E-state index in [1.165, 1.54) is 0 Å². The minimum atomic E-state index is 0.0374. The Morgan fingerprint density at radius 3 is 2.79 bits per heavy atom. The zero-order valence-corrected chi connectivity index (χ0v) is 13.9. The standard InChI is InChI=1S/C16H17N5O2S/c22-14(10-23-13-4-2-1-3-5-13)20-8-6-12(7-9-20)15-19-21-11-17-18-16(21)24-15/h1-5,11-12H,6-10H2. The number of carbonyl (C=O) groups is 1. The number of benzene rings is 1. The van der Waals surface area contributed by atoms with Gasteiger partial charge in [0.15, 0.2) is 6.61 Å². The van der Waals surface area contributed by atoms with Gasteiger partial charge in [-0.15, -0.1) is 10.2 Å². The number of carbonyl (C=O) groups excluding carboxylic acids is 1. The molecule has 1 aromatic carbocycles. The van der Waals surface area contributed by atoms with Crippen LogP contribution in [0, 0.1) is 0 Å². The maximum atomic E-state index is 12.3. The second kappa shape index (κ2) is 6.56. The quantitative estimate of drug-likeness (QED) is 0.724. The van der Waals surface area contributed by atoms with Crippen molar-refractivity contribution in [3.8, 4) is 5.75 Å². The SMILES string of the molecule is O=C(COc1ccccc1)N1CCC(c2nn3cnnc3s2)CC1. The van der Waals surface area contributed by atoms with E-state index in [0.29, 0.717) is 5.92 Å². The minimum absolute atomic E-state index is 0.0374. The van der Waals surface area contributed by atoms with Crippen molar-refractivity contribution in [3.63, 3.8) is 0 Å². The Hall–Kier alpha value is -2.48. The molecule has 3 aromatic rings. The molecule has 0 radical (unpaired) electrons. The third-order valence-corrected chi connectivity index (χ3v) is 5.28. The Morgan fingerprint density at radius 2 is 2.04 bits per heavy atom. The highest BCUT2D eigenvalue weighted by Gasteiger charge is 2.26. The van der Waals surface area contributed by atoms with Crippen LogP contribution in [0.3, 0.4) is 0 Å². The molecule has 1 fully saturated rings. The number of likely N-dealkylation sites (tertiary alicyclic amines) is 1. The van der Waals surface area contributed by atoms with E-state index >= 15 is 0 Å². The fraction of sp³-hybridized carbons (Fsp3) is 0.375. The number of nitrogens with zero attached hydrogens (tertiary/aromatic N) is 5. The van der Waals surface area contributed by atoms with Crippen molar-refractivity contribution in [1.29, 1.82) is 0 Å². The minimum Gasteiger partial charge on any atom is -0.484 e. The van der Waals surface area contributed by atoms with Crippen LogP contribution < -0.4 is 4.74 Å². The van der Waals surface area contributed by atoms with Crippen molar-refractivity contribution in [2.45, 2.75) is 18.8 Å². The molecule has 0 N–H and O–H groups in total. The van der Waals surface area contributed by atoms with Crippen molar-refractivity contribution in [1.82, 2.24) is 24.7 Å². The molecule has 0 unspecified atom stereocenters. The topological polar surface area (TPSA) is 72.6 Å². The first-order chi connectivity index (χ1) is 11.8. The summed E-state index contributed by atoms with van der Waals surface area (Å²) in [5.41, 5.74) is 0. The lowest BCUT2D eigenvalue weighted by atomic mass is 9.97. The lowest BCUT2D eigenvalue weighted by Crippen LogP contribution is -2.40. The van der Waals surface area contributed by atoms with Crippen molar-refractivity contribution < 1.29 is 9.53 Å². The Balaban J connectivity index is 1.30. The largest absolute Gasteiger partial charge is 0.484 e. The first-order valence-electron chi connectivity index (χ1n) is 7.92. The molecule has 4 rings (SSSR count). The number of aromatic nitrogens is 4. The molecule has 1 amide bonds. The van der Waals surface area contributed by atoms with Crippen molar-refractivity contribution in [2.75, 3.05) is 19.7 Å². The fourth-order valence-electron chi connectivity index (χ4n) is 2.87. The van der Waals surface area contributed by atoms with E-state index in [9.17, 15) is 4.79 Å². The Labute approximate surface area is 142 Å². The molecule has 1 saturated heterocycles. The number of amides is 1. The predicted octanol–water partition coefficient (Wildman–Crippen LogP) is 1.97. The summed E-state index contributed by atoms with van der Waals surface area (Å²) in [6.45, 7) is 1.56. The summed E-state index contributed by atoms with van der Waals surface area (Å²) in [6.07, 6.45) is 3.46. The number of hydrogen-bond donors (Lipinski definition) is 0. The van der Waals surface area contributed by atoms with Crippen molar-refractivity contribution in [3.05, 3.63) is 41.7 Å². The van der Waals surface area contributed by atoms with Gasteiger partial charge < -0.3 is 9.64 Å². The highest BCUT2D eigenvalue weighted by molar-refractivity contribution is 7.16. The molecule has 1 aliphatic rings. The molecule has 3 heterocycles. The highest BCUT2D eigenvalue weighted by Crippen LogP contribution is 2.30. The van der Waals surface area contributed by atoms with E-state index in [1.54, 1.807) is 22.2 Å². The normalized spacial score (nSPS) is 15.8. The molecule has 24 heavy (non-hydrogen) atoms. The van der Waals surface area contributed by atoms with E-state index < -0.39 is 0 Å². The first-order valence-corrected chi connectivity index (χ1v) is 8.73. The van der Waals surface area contributed by atoms with Gasteiger partial charge in [0.05, 0.1) is 0 Å². The van der Waals surface area contributed by atoms with Crippen molar-refractivity contribution >= 4 is 22.2 Å². The lowest BCUT2D eigenvalue weighted by molar-refractivity contribution is -0.134. The summed E-state index contributed by atoms with van der Waals surface area (Å²) < 4.78 is 7.26. The molecule has 8 heteroatoms. The molecule has 124 valence electrons. The monoisotopic (exact) mass is 343 g/mol. The van der Waals surface area contributed by atoms with E-state index in [-0.39, 0.29) is 12.5 Å². The van der Waals surface area contributed by atoms with Crippen LogP contribution in [0.2, 0.25) is 0 Å². The molecule has 0 spiro atoms. The molecule has 0 aliphatic carbocycles. The average Bonchev–Trinajstić information content (AvgIpc) is 3.23. The number of para-hydroxylation sites is 1. The van der Waals surface area contributed by atoms with Crippen LogP contribution in [0.4, 0.5) is 0 Å². The molecular formula is C16H17N5O2S. The number of rotatable bonds is 4. The lowest BCUT2D eigenvalue weighted by Gasteiger charge is -2.30. The second-order valence-electron chi connectivity index (χ2n) is 5.76. The molecule has 0 bridgehead atoms. The van der Waals surface area contributed by atoms with Gasteiger partial charge in [0.1, 0.15) is 17.1 Å². The van der Waals surface area contributed by atoms with Crippen LogP contribution in [0.25, 0.3) is 4.96 Å². The van der Waals surface area contributed by atoms with Gasteiger partial charge in [-0.05, 0) is 25.0 Å². The van der Waals surface area contributed by atoms with E-state index in [1.807, 2.05) is 35.2 Å². The van der Waals surface area contributed by atoms with Gasteiger partial charge >= 0.3 is 0 Å². The number of piperidine rings is 1. The summed E-state index contributed by atoms with van der Waals surface area (Å²) in [5.74, 6) is 1.15. The zero-order chi connectivity index (χ0) is 16.4. The van der Waals surface area contributed by atoms with Crippen LogP contribution >= 0.6 is 11.3 Å². The van der Waals surface area contributed by atoms with Gasteiger partial charge in [-0.2, -0.15) is 9.61 Å². The highest BCUT2D eigenvalue weighted by atomic mass is 32.1. The molecule has 2 aromatic heterocycles. The molecule has 0 saturated carbocycles. The molecule has 1 aliphatic heterocycles. The number of hydrogen-bond acceptors (Lipinski definition) is 6. The van der Waals surface area contributed by atoms with Gasteiger partial charge in [0.2, 0.25) is 4.96 Å². The molecular weight excluding hydrogens is 326 g/mol. The van der Waals surface area contributed by atoms with Crippen LogP contribution in [0.15, 0.2) is 36.7 Å². The van der Waals surface area contributed by atoms with Crippen LogP contribution in [0.5, 0.6) is 5.75 Å². The smallest absolute Gasteiger partial charge is 0.260 e. The van der Waals surface area contributed by atoms with E-state index in [2.05, 4.69) is 15.3 Å². The van der Waals surface area contributed by atoms with Gasteiger partial charge in [0.25, 0.3) is 5.91 Å². The Morgan fingerprint density at radius 1 is 1.25 bits per heavy atom. The maximum absolute atomic E-state index is 12.3. The van der Waals surface area contributed by atoms with Crippen LogP contribution in [0.1, 0.15) is 23.8 Å². The average molecular weight is 343 g/mol. The summed E-state index contributed by atoms with van der Waals surface area (Å²) in [5, 5.41) is 13.4. The molecule has 0 atom stereocenters. The van der Waals surface area contributed by atoms with Gasteiger partial charge in [-0.25, -0.2) is 0 Å².